The highest BCUT2D eigenvalue weighted by Crippen LogP contribution is 2.34. The number of ether oxygens (including phenoxy) is 1. The molecule has 3 heterocycles. The average molecular weight is 780 g/mol. The van der Waals surface area contributed by atoms with Gasteiger partial charge in [0.15, 0.2) is 0 Å². The van der Waals surface area contributed by atoms with Crippen LogP contribution in [0.15, 0.2) is 35.4 Å². The smallest absolute Gasteiger partial charge is 0.341 e. The molecule has 0 bridgehead atoms. The second kappa shape index (κ2) is 16.6. The summed E-state index contributed by atoms with van der Waals surface area (Å²) in [6.45, 7) is 3.30. The Morgan fingerprint density at radius 3 is 2.37 bits per heavy atom. The number of nitrogens with two attached hydrogens (primary N) is 1. The number of ketones is 1. The minimum Gasteiger partial charge on any atom is -0.384 e. The number of alkyl halides is 2. The third-order valence-corrected chi connectivity index (χ3v) is 12.0. The van der Waals surface area contributed by atoms with E-state index in [9.17, 15) is 46.3 Å². The van der Waals surface area contributed by atoms with Crippen molar-refractivity contribution >= 4 is 39.2 Å². The highest BCUT2D eigenvalue weighted by molar-refractivity contribution is 7.91. The maximum absolute atomic E-state index is 14.7. The number of nitrogens with one attached hydrogen (secondary N) is 2. The van der Waals surface area contributed by atoms with E-state index < -0.39 is 79.2 Å². The van der Waals surface area contributed by atoms with Crippen LogP contribution < -0.4 is 16.4 Å². The van der Waals surface area contributed by atoms with Gasteiger partial charge in [-0.1, -0.05) is 37.3 Å². The average Bonchev–Trinajstić information content (AvgIpc) is 3.75. The lowest BCUT2D eigenvalue weighted by Gasteiger charge is -2.35. The summed E-state index contributed by atoms with van der Waals surface area (Å²) < 4.78 is 57.1. The van der Waals surface area contributed by atoms with Gasteiger partial charge in [-0.25, -0.2) is 13.1 Å². The lowest BCUT2D eigenvalue weighted by Crippen LogP contribution is -2.62. The summed E-state index contributed by atoms with van der Waals surface area (Å²) in [5.41, 5.74) is 2.57. The van der Waals surface area contributed by atoms with Gasteiger partial charge in [0.25, 0.3) is 11.8 Å². The van der Waals surface area contributed by atoms with Gasteiger partial charge < -0.3 is 31.1 Å². The lowest BCUT2D eigenvalue weighted by atomic mass is 9.84. The number of Topliss-reactive ketones (excluding diaryl/α,β-unsaturated/α-hetero) is 1. The van der Waals surface area contributed by atoms with E-state index in [2.05, 4.69) is 20.9 Å². The van der Waals surface area contributed by atoms with Crippen molar-refractivity contribution in [3.63, 3.8) is 0 Å². The molecule has 2 aliphatic heterocycles. The SMILES string of the molecule is CC(C)(O)c1cnnn1[C@H]1C[C@@H](C(=O)NC2(C(=O)C(N)=O)CCCOCC2)N(C(=O)[C@@H](CC2CCCCC2)NC(=O)c2ccc(S(=O)(=O)C(F)F)cc2)C1. The minimum absolute atomic E-state index is 0.0334. The van der Waals surface area contributed by atoms with Crippen molar-refractivity contribution in [1.29, 1.82) is 0 Å². The van der Waals surface area contributed by atoms with Crippen LogP contribution in [-0.4, -0.2) is 106 Å². The van der Waals surface area contributed by atoms with Gasteiger partial charge in [-0.3, -0.25) is 24.0 Å². The number of aromatic nitrogens is 3. The molecule has 2 saturated heterocycles. The van der Waals surface area contributed by atoms with Crippen LogP contribution in [0.3, 0.4) is 0 Å². The summed E-state index contributed by atoms with van der Waals surface area (Å²) in [6.07, 6.45) is 6.35. The third kappa shape index (κ3) is 8.94. The number of likely N-dealkylation sites (tertiary alicyclic amines) is 1. The van der Waals surface area contributed by atoms with E-state index in [1.807, 2.05) is 0 Å². The van der Waals surface area contributed by atoms with E-state index in [0.29, 0.717) is 18.7 Å². The van der Waals surface area contributed by atoms with Crippen molar-refractivity contribution in [2.24, 2.45) is 11.7 Å². The first-order valence-corrected chi connectivity index (χ1v) is 19.6. The van der Waals surface area contributed by atoms with Crippen molar-refractivity contribution in [3.05, 3.63) is 41.7 Å². The van der Waals surface area contributed by atoms with Crippen LogP contribution in [0.25, 0.3) is 0 Å². The molecular weight excluding hydrogens is 732 g/mol. The van der Waals surface area contributed by atoms with Gasteiger partial charge in [-0.2, -0.15) is 8.78 Å². The van der Waals surface area contributed by atoms with Crippen molar-refractivity contribution in [2.45, 2.75) is 118 Å². The molecule has 2 aromatic rings. The molecule has 3 aliphatic rings. The number of nitrogens with zero attached hydrogens (tertiary/aromatic N) is 4. The fourth-order valence-electron chi connectivity index (χ4n) is 7.67. The van der Waals surface area contributed by atoms with Crippen LogP contribution in [0.4, 0.5) is 8.78 Å². The predicted octanol–water partition coefficient (Wildman–Crippen LogP) is 1.52. The molecule has 4 atom stereocenters. The van der Waals surface area contributed by atoms with Crippen LogP contribution in [0.5, 0.6) is 0 Å². The fourth-order valence-corrected chi connectivity index (χ4v) is 8.39. The Morgan fingerprint density at radius 2 is 1.74 bits per heavy atom. The number of amides is 4. The molecule has 1 aliphatic carbocycles. The van der Waals surface area contributed by atoms with Crippen LogP contribution in [0, 0.1) is 5.92 Å². The second-order valence-electron chi connectivity index (χ2n) is 14.8. The van der Waals surface area contributed by atoms with Crippen LogP contribution >= 0.6 is 0 Å². The molecule has 4 amide bonds. The van der Waals surface area contributed by atoms with E-state index in [-0.39, 0.29) is 50.3 Å². The highest BCUT2D eigenvalue weighted by Gasteiger charge is 2.49. The minimum atomic E-state index is -4.91. The van der Waals surface area contributed by atoms with E-state index in [4.69, 9.17) is 10.5 Å². The largest absolute Gasteiger partial charge is 0.384 e. The van der Waals surface area contributed by atoms with Gasteiger partial charge in [0.2, 0.25) is 27.4 Å². The molecule has 54 heavy (non-hydrogen) atoms. The Hall–Kier alpha value is -4.36. The van der Waals surface area contributed by atoms with Crippen LogP contribution in [0.2, 0.25) is 0 Å². The molecule has 1 aromatic heterocycles. The number of hydrogen-bond donors (Lipinski definition) is 4. The fraction of sp³-hybridized carbons (Fsp3) is 0.629. The van der Waals surface area contributed by atoms with Gasteiger partial charge >= 0.3 is 5.76 Å². The Bertz CT molecular complexity index is 1820. The van der Waals surface area contributed by atoms with Gasteiger partial charge in [-0.15, -0.1) is 5.10 Å². The first kappa shape index (κ1) is 40.8. The number of carbonyl (C=O) groups is 5. The molecular formula is C35H47F2N7O9S. The maximum atomic E-state index is 14.7. The molecule has 3 fully saturated rings. The zero-order valence-corrected chi connectivity index (χ0v) is 31.0. The molecule has 1 aromatic carbocycles. The number of sulfone groups is 1. The quantitative estimate of drug-likeness (QED) is 0.213. The molecule has 0 radical (unpaired) electrons. The maximum Gasteiger partial charge on any atom is 0.341 e. The molecule has 1 saturated carbocycles. The highest BCUT2D eigenvalue weighted by atomic mass is 32.2. The zero-order valence-electron chi connectivity index (χ0n) is 30.2. The summed E-state index contributed by atoms with van der Waals surface area (Å²) in [5, 5.41) is 24.5. The number of benzene rings is 1. The Labute approximate surface area is 311 Å². The van der Waals surface area contributed by atoms with Gasteiger partial charge in [0, 0.05) is 38.2 Å². The monoisotopic (exact) mass is 779 g/mol. The number of halogens is 2. The lowest BCUT2D eigenvalue weighted by molar-refractivity contribution is -0.145. The Balaban J connectivity index is 1.49. The van der Waals surface area contributed by atoms with Crippen molar-refractivity contribution in [1.82, 2.24) is 30.5 Å². The first-order valence-electron chi connectivity index (χ1n) is 18.0. The van der Waals surface area contributed by atoms with Crippen molar-refractivity contribution in [3.8, 4) is 0 Å². The molecule has 5 rings (SSSR count). The topological polar surface area (TPSA) is 233 Å². The molecule has 5 N–H and O–H groups in total. The molecule has 16 nitrogen and oxygen atoms in total. The van der Waals surface area contributed by atoms with Gasteiger partial charge in [0.05, 0.1) is 22.8 Å². The first-order chi connectivity index (χ1) is 25.4. The summed E-state index contributed by atoms with van der Waals surface area (Å²) in [4.78, 5) is 68.8. The number of primary amides is 1. The van der Waals surface area contributed by atoms with Gasteiger partial charge in [-0.05, 0) is 63.3 Å². The molecule has 296 valence electrons. The standard InChI is InChI=1S/C35H47F2N7O9S/c1-34(2,50)27-19-39-42-44(27)23-18-26(31(48)41-35(28(45)29(38)46)13-6-15-53-16-14-35)43(20-23)32(49)25(17-21-7-4-3-5-8-21)40-30(47)22-9-11-24(12-10-22)54(51,52)33(36)37/h9-12,19,21,23,25-26,33,50H,3-8,13-18,20H2,1-2H3,(H2,38,46)(H,40,47)(H,41,48)/t23-,25+,26-,35?/m0/s1. The zero-order chi connectivity index (χ0) is 39.4. The van der Waals surface area contributed by atoms with Gasteiger partial charge in [0.1, 0.15) is 23.2 Å². The summed E-state index contributed by atoms with van der Waals surface area (Å²) in [5.74, 6) is -7.99. The van der Waals surface area contributed by atoms with Crippen molar-refractivity contribution < 1.29 is 51.0 Å². The summed E-state index contributed by atoms with van der Waals surface area (Å²) in [6, 6.07) is 0.806. The molecule has 19 heteroatoms. The molecule has 1 unspecified atom stereocenters. The molecule has 0 spiro atoms. The van der Waals surface area contributed by atoms with E-state index in [1.165, 1.54) is 29.6 Å². The van der Waals surface area contributed by atoms with Crippen molar-refractivity contribution in [2.75, 3.05) is 19.8 Å². The number of rotatable bonds is 13. The third-order valence-electron chi connectivity index (χ3n) is 10.6. The van der Waals surface area contributed by atoms with Crippen LogP contribution in [0.1, 0.15) is 100 Å². The summed E-state index contributed by atoms with van der Waals surface area (Å²) in [7, 11) is -4.91. The van der Waals surface area contributed by atoms with E-state index >= 15 is 0 Å². The number of hydrogen-bond acceptors (Lipinski definition) is 11. The number of carbonyl (C=O) groups excluding carboxylic acids is 5. The Morgan fingerprint density at radius 1 is 1.06 bits per heavy atom. The van der Waals surface area contributed by atoms with E-state index in [1.54, 1.807) is 0 Å². The normalized spacial score (nSPS) is 23.4. The van der Waals surface area contributed by atoms with E-state index in [0.717, 1.165) is 56.4 Å². The number of aliphatic hydroxyl groups is 1. The predicted molar refractivity (Wildman–Crippen MR) is 186 cm³/mol. The second-order valence-corrected chi connectivity index (χ2v) is 16.8. The Kier molecular flexibility index (Phi) is 12.5. The van der Waals surface area contributed by atoms with Crippen LogP contribution in [-0.2, 0) is 39.4 Å². The summed E-state index contributed by atoms with van der Waals surface area (Å²) >= 11 is 0.